The molecule has 0 spiro atoms. The number of amides is 1. The van der Waals surface area contributed by atoms with Gasteiger partial charge in [-0.15, -0.1) is 0 Å². The first-order chi connectivity index (χ1) is 39.6. The molecule has 462 valence electrons. The van der Waals surface area contributed by atoms with Crippen molar-refractivity contribution >= 4 is 5.91 Å². The first kappa shape index (κ1) is 73.5. The van der Waals surface area contributed by atoms with E-state index in [0.717, 1.165) is 109 Å². The number of carbonyl (C=O) groups excluding carboxylic acids is 1. The number of rotatable bonds is 48. The topological polar surface area (TPSA) is 228 Å². The zero-order valence-electron chi connectivity index (χ0n) is 49.7. The Bertz CT molecular complexity index is 1820. The molecule has 0 aromatic heterocycles. The van der Waals surface area contributed by atoms with Crippen molar-refractivity contribution in [2.45, 2.75) is 274 Å². The van der Waals surface area contributed by atoms with Crippen molar-refractivity contribution in [2.75, 3.05) is 19.8 Å². The van der Waals surface area contributed by atoms with Crippen LogP contribution in [-0.4, -0.2) is 140 Å². The summed E-state index contributed by atoms with van der Waals surface area (Å²) in [4.78, 5) is 13.2. The normalized spacial score (nSPS) is 25.0. The van der Waals surface area contributed by atoms with Crippen molar-refractivity contribution in [1.29, 1.82) is 0 Å². The molecule has 2 heterocycles. The molecule has 2 aliphatic rings. The Labute approximate surface area is 488 Å². The Morgan fingerprint density at radius 2 is 0.852 bits per heavy atom. The van der Waals surface area contributed by atoms with Gasteiger partial charge in [-0.05, 0) is 89.9 Å². The van der Waals surface area contributed by atoms with E-state index in [-0.39, 0.29) is 18.9 Å². The Morgan fingerprint density at radius 1 is 0.457 bits per heavy atom. The number of nitrogens with one attached hydrogen (secondary N) is 1. The molecule has 0 radical (unpaired) electrons. The van der Waals surface area contributed by atoms with E-state index >= 15 is 0 Å². The predicted molar refractivity (Wildman–Crippen MR) is 327 cm³/mol. The summed E-state index contributed by atoms with van der Waals surface area (Å²) in [6.07, 6.45) is 56.9. The second-order valence-corrected chi connectivity index (χ2v) is 21.5. The quantitative estimate of drug-likeness (QED) is 0.0204. The van der Waals surface area contributed by atoms with Crippen molar-refractivity contribution < 1.29 is 64.6 Å². The molecule has 2 rings (SSSR count). The Hall–Kier alpha value is -3.61. The maximum atomic E-state index is 13.2. The zero-order valence-corrected chi connectivity index (χ0v) is 49.7. The number of hydrogen-bond donors (Lipinski definition) is 9. The lowest BCUT2D eigenvalue weighted by Crippen LogP contribution is -2.65. The Kier molecular flexibility index (Phi) is 46.1. The van der Waals surface area contributed by atoms with E-state index in [2.05, 4.69) is 129 Å². The lowest BCUT2D eigenvalue weighted by Gasteiger charge is -2.46. The highest BCUT2D eigenvalue weighted by molar-refractivity contribution is 5.76. The van der Waals surface area contributed by atoms with Crippen LogP contribution in [0.5, 0.6) is 0 Å². The van der Waals surface area contributed by atoms with Crippen LogP contribution in [0.4, 0.5) is 0 Å². The molecule has 12 atom stereocenters. The third-order valence-corrected chi connectivity index (χ3v) is 14.4. The number of hydrogen-bond acceptors (Lipinski definition) is 13. The maximum absolute atomic E-state index is 13.2. The molecule has 2 saturated heterocycles. The van der Waals surface area contributed by atoms with Gasteiger partial charge in [0.25, 0.3) is 0 Å². The van der Waals surface area contributed by atoms with Crippen LogP contribution in [0.1, 0.15) is 200 Å². The summed E-state index contributed by atoms with van der Waals surface area (Å²) in [5.74, 6) is -0.254. The number of unbranched alkanes of at least 4 members (excludes halogenated alkanes) is 17. The molecule has 0 aliphatic carbocycles. The van der Waals surface area contributed by atoms with Crippen LogP contribution >= 0.6 is 0 Å². The standard InChI is InChI=1S/C67H111NO13/c1-3-5-7-9-11-13-15-16-17-18-19-20-21-22-23-24-25-26-27-28-29-30-31-32-33-34-35-36-37-38-39-40-41-43-45-47-49-51-59(72)68-55(56(71)50-48-46-44-42-14-12-10-8-6-4-2)54-78-66-64(77)62(75)65(58(53-70)80-66)81-67-63(76)61(74)60(73)57(52-69)79-67/h5,7,11,13,16-17,19-20,22-23,25-26,28-29,31-32,34-35,48,50,55-58,60-67,69-71,73-77H,3-4,6,8-10,12,14-15,18,21,24,27,30,33,36-47,49,51-54H2,1-2H3,(H,68,72)/b7-5-,13-11-,17-16-,20-19-,23-22-,26-25-,29-28-,32-31-,35-34-,50-48+. The van der Waals surface area contributed by atoms with Crippen LogP contribution in [0.3, 0.4) is 0 Å². The van der Waals surface area contributed by atoms with E-state index in [1.807, 2.05) is 6.08 Å². The molecule has 0 bridgehead atoms. The van der Waals surface area contributed by atoms with Gasteiger partial charge in [0.15, 0.2) is 12.6 Å². The van der Waals surface area contributed by atoms with Gasteiger partial charge in [0.05, 0.1) is 32.0 Å². The van der Waals surface area contributed by atoms with E-state index in [1.165, 1.54) is 64.2 Å². The molecular formula is C67H111NO13. The molecule has 14 nitrogen and oxygen atoms in total. The highest BCUT2D eigenvalue weighted by Crippen LogP contribution is 2.30. The second-order valence-electron chi connectivity index (χ2n) is 21.5. The lowest BCUT2D eigenvalue weighted by molar-refractivity contribution is -0.359. The molecule has 1 amide bonds. The Balaban J connectivity index is 1.62. The van der Waals surface area contributed by atoms with E-state index in [4.69, 9.17) is 18.9 Å². The average molecular weight is 1140 g/mol. The summed E-state index contributed by atoms with van der Waals surface area (Å²) in [5.41, 5.74) is 0. The summed E-state index contributed by atoms with van der Waals surface area (Å²) in [6, 6.07) is -0.924. The van der Waals surface area contributed by atoms with Gasteiger partial charge in [0.1, 0.15) is 48.8 Å². The molecule has 12 unspecified atom stereocenters. The number of ether oxygens (including phenoxy) is 4. The summed E-state index contributed by atoms with van der Waals surface area (Å²) in [7, 11) is 0. The molecule has 0 saturated carbocycles. The molecule has 0 aromatic carbocycles. The van der Waals surface area contributed by atoms with Crippen LogP contribution in [0.25, 0.3) is 0 Å². The average Bonchev–Trinajstić information content (AvgIpc) is 3.51. The molecule has 81 heavy (non-hydrogen) atoms. The fraction of sp³-hybridized carbons (Fsp3) is 0.687. The first-order valence-corrected chi connectivity index (χ1v) is 31.3. The van der Waals surface area contributed by atoms with Gasteiger partial charge < -0.3 is 65.1 Å². The summed E-state index contributed by atoms with van der Waals surface area (Å²) in [6.45, 7) is 2.63. The maximum Gasteiger partial charge on any atom is 0.220 e. The number of allylic oxidation sites excluding steroid dienone is 19. The van der Waals surface area contributed by atoms with Gasteiger partial charge >= 0.3 is 0 Å². The van der Waals surface area contributed by atoms with Gasteiger partial charge in [-0.3, -0.25) is 4.79 Å². The van der Waals surface area contributed by atoms with Gasteiger partial charge in [0, 0.05) is 6.42 Å². The van der Waals surface area contributed by atoms with Crippen molar-refractivity contribution in [3.63, 3.8) is 0 Å². The summed E-state index contributed by atoms with van der Waals surface area (Å²) in [5, 5.41) is 86.9. The van der Waals surface area contributed by atoms with Gasteiger partial charge in [-0.25, -0.2) is 0 Å². The van der Waals surface area contributed by atoms with Gasteiger partial charge in [-0.1, -0.05) is 225 Å². The predicted octanol–water partition coefficient (Wildman–Crippen LogP) is 11.4. The first-order valence-electron chi connectivity index (χ1n) is 31.3. The van der Waals surface area contributed by atoms with Gasteiger partial charge in [0.2, 0.25) is 5.91 Å². The lowest BCUT2D eigenvalue weighted by atomic mass is 9.97. The van der Waals surface area contributed by atoms with Crippen molar-refractivity contribution in [1.82, 2.24) is 5.32 Å². The molecule has 14 heteroatoms. The SMILES string of the molecule is CC/C=C\C/C=C\C/C=C\C/C=C\C/C=C\C/C=C\C/C=C\C/C=C\C/C=C\CCCCCCCCCCCC(=O)NC(COC1OC(CO)C(OC2OC(CO)C(O)C(O)C2O)C(O)C1O)C(O)/C=C/CCCCCCCCCC. The minimum absolute atomic E-state index is 0.254. The highest BCUT2D eigenvalue weighted by Gasteiger charge is 2.51. The smallest absolute Gasteiger partial charge is 0.220 e. The zero-order chi connectivity index (χ0) is 58.8. The van der Waals surface area contributed by atoms with Crippen LogP contribution in [0.15, 0.2) is 122 Å². The number of carbonyl (C=O) groups is 1. The highest BCUT2D eigenvalue weighted by atomic mass is 16.7. The van der Waals surface area contributed by atoms with Gasteiger partial charge in [-0.2, -0.15) is 0 Å². The third kappa shape index (κ3) is 36.0. The van der Waals surface area contributed by atoms with E-state index < -0.39 is 86.8 Å². The molecular weight excluding hydrogens is 1030 g/mol. The van der Waals surface area contributed by atoms with Crippen LogP contribution in [0, 0.1) is 0 Å². The molecule has 2 aliphatic heterocycles. The second kappa shape index (κ2) is 50.9. The van der Waals surface area contributed by atoms with Crippen molar-refractivity contribution in [3.8, 4) is 0 Å². The van der Waals surface area contributed by atoms with Crippen LogP contribution in [0.2, 0.25) is 0 Å². The van der Waals surface area contributed by atoms with E-state index in [1.54, 1.807) is 6.08 Å². The summed E-state index contributed by atoms with van der Waals surface area (Å²) < 4.78 is 22.7. The number of aliphatic hydroxyl groups excluding tert-OH is 8. The fourth-order valence-electron chi connectivity index (χ4n) is 9.40. The molecule has 2 fully saturated rings. The van der Waals surface area contributed by atoms with Crippen LogP contribution in [-0.2, 0) is 23.7 Å². The van der Waals surface area contributed by atoms with Crippen molar-refractivity contribution in [3.05, 3.63) is 122 Å². The van der Waals surface area contributed by atoms with E-state index in [9.17, 15) is 45.6 Å². The monoisotopic (exact) mass is 1140 g/mol. The summed E-state index contributed by atoms with van der Waals surface area (Å²) >= 11 is 0. The molecule has 0 aromatic rings. The Morgan fingerprint density at radius 3 is 1.31 bits per heavy atom. The van der Waals surface area contributed by atoms with Crippen molar-refractivity contribution in [2.24, 2.45) is 0 Å². The minimum Gasteiger partial charge on any atom is -0.394 e. The third-order valence-electron chi connectivity index (χ3n) is 14.4. The van der Waals surface area contributed by atoms with E-state index in [0.29, 0.717) is 6.42 Å². The molecule has 9 N–H and O–H groups in total. The minimum atomic E-state index is -1.79. The fourth-order valence-corrected chi connectivity index (χ4v) is 9.40. The number of aliphatic hydroxyl groups is 8. The van der Waals surface area contributed by atoms with Crippen LogP contribution < -0.4 is 5.32 Å². The largest absolute Gasteiger partial charge is 0.394 e.